The van der Waals surface area contributed by atoms with E-state index >= 15 is 0 Å². The molecule has 1 unspecified atom stereocenters. The lowest BCUT2D eigenvalue weighted by molar-refractivity contribution is -0.123. The van der Waals surface area contributed by atoms with E-state index in [1.54, 1.807) is 0 Å². The first-order valence-corrected chi connectivity index (χ1v) is 5.14. The summed E-state index contributed by atoms with van der Waals surface area (Å²) < 4.78 is 0. The predicted molar refractivity (Wildman–Crippen MR) is 53.2 cm³/mol. The van der Waals surface area contributed by atoms with Crippen LogP contribution in [0.1, 0.15) is 33.1 Å². The van der Waals surface area contributed by atoms with E-state index in [2.05, 4.69) is 5.32 Å². The van der Waals surface area contributed by atoms with Crippen molar-refractivity contribution in [2.75, 3.05) is 6.54 Å². The summed E-state index contributed by atoms with van der Waals surface area (Å²) in [7, 11) is 0. The number of carbonyl (C=O) groups excluding carboxylic acids is 1. The van der Waals surface area contributed by atoms with Gasteiger partial charge in [0, 0.05) is 6.54 Å². The van der Waals surface area contributed by atoms with Gasteiger partial charge in [-0.05, 0) is 18.3 Å². The maximum atomic E-state index is 11.4. The molecular formula is C10H20N2O. The predicted octanol–water partition coefficient (Wildman–Crippen LogP) is 0.886. The molecule has 0 radical (unpaired) electrons. The Labute approximate surface area is 80.1 Å². The summed E-state index contributed by atoms with van der Waals surface area (Å²) in [6.45, 7) is 4.72. The van der Waals surface area contributed by atoms with Gasteiger partial charge in [0.1, 0.15) is 0 Å². The number of hydrogen-bond donors (Lipinski definition) is 2. The van der Waals surface area contributed by atoms with Crippen molar-refractivity contribution in [3.63, 3.8) is 0 Å². The van der Waals surface area contributed by atoms with Crippen LogP contribution in [0, 0.1) is 11.8 Å². The van der Waals surface area contributed by atoms with Crippen LogP contribution in [0.5, 0.6) is 0 Å². The van der Waals surface area contributed by atoms with Crippen LogP contribution in [0.25, 0.3) is 0 Å². The molecule has 0 aromatic carbocycles. The lowest BCUT2D eigenvalue weighted by Crippen LogP contribution is -2.44. The molecule has 3 N–H and O–H groups in total. The van der Waals surface area contributed by atoms with Crippen molar-refractivity contribution in [2.45, 2.75) is 39.2 Å². The molecule has 1 aliphatic carbocycles. The third kappa shape index (κ3) is 3.77. The topological polar surface area (TPSA) is 55.1 Å². The molecule has 0 bridgehead atoms. The van der Waals surface area contributed by atoms with Crippen LogP contribution in [-0.4, -0.2) is 18.5 Å². The highest BCUT2D eigenvalue weighted by molar-refractivity contribution is 5.81. The van der Waals surface area contributed by atoms with Crippen LogP contribution >= 0.6 is 0 Å². The van der Waals surface area contributed by atoms with Gasteiger partial charge < -0.3 is 11.1 Å². The fourth-order valence-corrected chi connectivity index (χ4v) is 1.23. The van der Waals surface area contributed by atoms with Crippen LogP contribution in [-0.2, 0) is 4.79 Å². The monoisotopic (exact) mass is 184 g/mol. The summed E-state index contributed by atoms with van der Waals surface area (Å²) >= 11 is 0. The highest BCUT2D eigenvalue weighted by Crippen LogP contribution is 2.31. The second-order valence-electron chi connectivity index (χ2n) is 4.29. The molecule has 3 nitrogen and oxygen atoms in total. The summed E-state index contributed by atoms with van der Waals surface area (Å²) in [6.07, 6.45) is 3.80. The Balaban J connectivity index is 2.08. The van der Waals surface area contributed by atoms with E-state index in [-0.39, 0.29) is 17.9 Å². The molecule has 0 aliphatic heterocycles. The molecule has 0 spiro atoms. The van der Waals surface area contributed by atoms with Gasteiger partial charge in [-0.1, -0.05) is 26.7 Å². The van der Waals surface area contributed by atoms with Gasteiger partial charge >= 0.3 is 0 Å². The Bertz CT molecular complexity index is 176. The van der Waals surface area contributed by atoms with Crippen LogP contribution < -0.4 is 11.1 Å². The van der Waals surface area contributed by atoms with Crippen LogP contribution in [0.15, 0.2) is 0 Å². The van der Waals surface area contributed by atoms with Gasteiger partial charge in [0.05, 0.1) is 6.04 Å². The summed E-state index contributed by atoms with van der Waals surface area (Å²) in [6, 6.07) is -0.348. The lowest BCUT2D eigenvalue weighted by Gasteiger charge is -2.14. The zero-order valence-electron chi connectivity index (χ0n) is 8.55. The Morgan fingerprint density at radius 2 is 2.15 bits per heavy atom. The molecular weight excluding hydrogens is 164 g/mol. The fourth-order valence-electron chi connectivity index (χ4n) is 1.23. The van der Waals surface area contributed by atoms with E-state index in [1.807, 2.05) is 13.8 Å². The highest BCUT2D eigenvalue weighted by Gasteiger charge is 2.22. The molecule has 0 aromatic heterocycles. The zero-order chi connectivity index (χ0) is 9.84. The van der Waals surface area contributed by atoms with E-state index in [4.69, 9.17) is 5.73 Å². The van der Waals surface area contributed by atoms with E-state index in [9.17, 15) is 4.79 Å². The summed E-state index contributed by atoms with van der Waals surface area (Å²) in [5, 5.41) is 2.87. The summed E-state index contributed by atoms with van der Waals surface area (Å²) in [5.41, 5.74) is 5.68. The minimum absolute atomic E-state index is 0.00403. The number of hydrogen-bond acceptors (Lipinski definition) is 2. The molecule has 1 rings (SSSR count). The largest absolute Gasteiger partial charge is 0.355 e. The van der Waals surface area contributed by atoms with Crippen molar-refractivity contribution in [3.8, 4) is 0 Å². The van der Waals surface area contributed by atoms with Crippen molar-refractivity contribution < 1.29 is 4.79 Å². The first-order valence-electron chi connectivity index (χ1n) is 5.14. The number of carbonyl (C=O) groups is 1. The molecule has 1 amide bonds. The molecule has 76 valence electrons. The molecule has 13 heavy (non-hydrogen) atoms. The Hall–Kier alpha value is -0.570. The first-order chi connectivity index (χ1) is 6.11. The average molecular weight is 184 g/mol. The lowest BCUT2D eigenvalue weighted by atomic mass is 10.1. The van der Waals surface area contributed by atoms with Crippen LogP contribution in [0.2, 0.25) is 0 Å². The Kier molecular flexibility index (Phi) is 3.72. The van der Waals surface area contributed by atoms with Crippen molar-refractivity contribution in [2.24, 2.45) is 17.6 Å². The molecule has 1 fully saturated rings. The third-order valence-electron chi connectivity index (χ3n) is 2.57. The molecule has 1 saturated carbocycles. The number of rotatable bonds is 5. The maximum Gasteiger partial charge on any atom is 0.237 e. The van der Waals surface area contributed by atoms with Crippen LogP contribution in [0.3, 0.4) is 0 Å². The number of nitrogens with two attached hydrogens (primary N) is 1. The molecule has 3 heteroatoms. The molecule has 0 aromatic rings. The van der Waals surface area contributed by atoms with Gasteiger partial charge in [-0.15, -0.1) is 0 Å². The van der Waals surface area contributed by atoms with Gasteiger partial charge in [0.15, 0.2) is 0 Å². The Morgan fingerprint density at radius 3 is 2.62 bits per heavy atom. The van der Waals surface area contributed by atoms with Crippen LogP contribution in [0.4, 0.5) is 0 Å². The van der Waals surface area contributed by atoms with Gasteiger partial charge in [-0.25, -0.2) is 0 Å². The number of amides is 1. The van der Waals surface area contributed by atoms with Crippen molar-refractivity contribution in [3.05, 3.63) is 0 Å². The summed E-state index contributed by atoms with van der Waals surface area (Å²) in [5.74, 6) is 1.09. The van der Waals surface area contributed by atoms with E-state index in [0.29, 0.717) is 0 Å². The standard InChI is InChI=1S/C10H20N2O/c1-7(2)9(11)10(13)12-6-5-8-3-4-8/h7-9H,3-6,11H2,1-2H3,(H,12,13). The van der Waals surface area contributed by atoms with Gasteiger partial charge in [0.25, 0.3) is 0 Å². The van der Waals surface area contributed by atoms with Gasteiger partial charge in [0.2, 0.25) is 5.91 Å². The van der Waals surface area contributed by atoms with Crippen molar-refractivity contribution in [1.29, 1.82) is 0 Å². The van der Waals surface area contributed by atoms with E-state index in [1.165, 1.54) is 12.8 Å². The summed E-state index contributed by atoms with van der Waals surface area (Å²) in [4.78, 5) is 11.4. The highest BCUT2D eigenvalue weighted by atomic mass is 16.2. The van der Waals surface area contributed by atoms with E-state index in [0.717, 1.165) is 18.9 Å². The van der Waals surface area contributed by atoms with Gasteiger partial charge in [-0.2, -0.15) is 0 Å². The first kappa shape index (κ1) is 10.5. The molecule has 1 aliphatic rings. The fraction of sp³-hybridized carbons (Fsp3) is 0.900. The Morgan fingerprint density at radius 1 is 1.54 bits per heavy atom. The zero-order valence-corrected chi connectivity index (χ0v) is 8.55. The quantitative estimate of drug-likeness (QED) is 0.666. The van der Waals surface area contributed by atoms with Crippen molar-refractivity contribution >= 4 is 5.91 Å². The second-order valence-corrected chi connectivity index (χ2v) is 4.29. The molecule has 0 saturated heterocycles. The normalized spacial score (nSPS) is 18.8. The second kappa shape index (κ2) is 4.61. The smallest absolute Gasteiger partial charge is 0.237 e. The van der Waals surface area contributed by atoms with E-state index < -0.39 is 0 Å². The molecule has 0 heterocycles. The minimum Gasteiger partial charge on any atom is -0.355 e. The average Bonchev–Trinajstić information content (AvgIpc) is 2.86. The third-order valence-corrected chi connectivity index (χ3v) is 2.57. The molecule has 1 atom stereocenters. The minimum atomic E-state index is -0.348. The van der Waals surface area contributed by atoms with Gasteiger partial charge in [-0.3, -0.25) is 4.79 Å². The SMILES string of the molecule is CC(C)C(N)C(=O)NCCC1CC1. The van der Waals surface area contributed by atoms with Crippen molar-refractivity contribution in [1.82, 2.24) is 5.32 Å². The number of nitrogens with one attached hydrogen (secondary N) is 1. The maximum absolute atomic E-state index is 11.4.